The van der Waals surface area contributed by atoms with E-state index in [-0.39, 0.29) is 22.4 Å². The number of aromatic nitrogens is 5. The van der Waals surface area contributed by atoms with Gasteiger partial charge in [-0.05, 0) is 36.4 Å². The molecule has 0 bridgehead atoms. The van der Waals surface area contributed by atoms with Crippen LogP contribution in [-0.2, 0) is 6.42 Å². The van der Waals surface area contributed by atoms with E-state index in [0.29, 0.717) is 29.5 Å². The standard InChI is InChI=1S/C20H17ClF3N7S/c21-16-14(7-20(22,23)24)28-17-15(16)18(31-5-3-10(25)9-31)30-19(29-17)32-11-6-13-12(27-8-11)2-1-4-26-13/h1-2,4,6,8,10H,3,5,7,9,25H2,(H,28,29,30)/t10-/m1/s1. The second kappa shape index (κ2) is 8.05. The first-order chi connectivity index (χ1) is 15.3. The molecule has 5 heterocycles. The minimum absolute atomic E-state index is 0.0130. The molecule has 1 aliphatic rings. The maximum Gasteiger partial charge on any atom is 0.394 e. The van der Waals surface area contributed by atoms with Crippen LogP contribution >= 0.6 is 23.4 Å². The highest BCUT2D eigenvalue weighted by Crippen LogP contribution is 2.39. The Kier molecular flexibility index (Phi) is 5.34. The van der Waals surface area contributed by atoms with Crippen LogP contribution in [0, 0.1) is 0 Å². The number of pyridine rings is 2. The van der Waals surface area contributed by atoms with Crippen LogP contribution in [0.1, 0.15) is 12.1 Å². The second-order valence-electron chi connectivity index (χ2n) is 7.57. The van der Waals surface area contributed by atoms with Crippen LogP contribution in [0.5, 0.6) is 0 Å². The van der Waals surface area contributed by atoms with Gasteiger partial charge in [-0.25, -0.2) is 9.97 Å². The van der Waals surface area contributed by atoms with E-state index < -0.39 is 12.6 Å². The lowest BCUT2D eigenvalue weighted by Crippen LogP contribution is -2.27. The van der Waals surface area contributed by atoms with Crippen molar-refractivity contribution in [2.24, 2.45) is 5.73 Å². The molecule has 1 aliphatic heterocycles. The molecule has 0 aliphatic carbocycles. The van der Waals surface area contributed by atoms with E-state index in [0.717, 1.165) is 22.3 Å². The van der Waals surface area contributed by atoms with E-state index in [4.69, 9.17) is 17.3 Å². The third-order valence-corrected chi connectivity index (χ3v) is 6.40. The number of rotatable bonds is 4. The van der Waals surface area contributed by atoms with Crippen molar-refractivity contribution in [1.82, 2.24) is 24.9 Å². The minimum atomic E-state index is -4.41. The summed E-state index contributed by atoms with van der Waals surface area (Å²) in [5, 5.41) is 0.727. The van der Waals surface area contributed by atoms with Gasteiger partial charge < -0.3 is 15.6 Å². The van der Waals surface area contributed by atoms with Crippen LogP contribution < -0.4 is 10.6 Å². The largest absolute Gasteiger partial charge is 0.394 e. The number of halogens is 4. The molecule has 0 amide bonds. The van der Waals surface area contributed by atoms with Crippen molar-refractivity contribution in [3.8, 4) is 0 Å². The van der Waals surface area contributed by atoms with Crippen LogP contribution in [0.15, 0.2) is 40.6 Å². The van der Waals surface area contributed by atoms with E-state index in [1.165, 1.54) is 11.8 Å². The molecule has 0 saturated carbocycles. The van der Waals surface area contributed by atoms with Gasteiger partial charge in [0.1, 0.15) is 11.5 Å². The van der Waals surface area contributed by atoms with Gasteiger partial charge in [0.15, 0.2) is 5.16 Å². The first-order valence-corrected chi connectivity index (χ1v) is 11.0. The van der Waals surface area contributed by atoms with Gasteiger partial charge in [0, 0.05) is 42.1 Å². The molecule has 3 N–H and O–H groups in total. The molecule has 1 atom stereocenters. The van der Waals surface area contributed by atoms with Gasteiger partial charge in [0.25, 0.3) is 0 Å². The van der Waals surface area contributed by atoms with E-state index in [9.17, 15) is 13.2 Å². The number of H-pyrrole nitrogens is 1. The SMILES string of the molecule is N[C@@H]1CCN(c2nc(Sc3cnc4cccnc4c3)nc3[nH]c(CC(F)(F)F)c(Cl)c23)C1. The summed E-state index contributed by atoms with van der Waals surface area (Å²) < 4.78 is 39.1. The molecule has 5 rings (SSSR count). The Morgan fingerprint density at radius 1 is 1.25 bits per heavy atom. The summed E-state index contributed by atoms with van der Waals surface area (Å²) in [6, 6.07) is 5.49. The topological polar surface area (TPSA) is 96.6 Å². The average molecular weight is 480 g/mol. The van der Waals surface area contributed by atoms with Crippen molar-refractivity contribution in [1.29, 1.82) is 0 Å². The zero-order chi connectivity index (χ0) is 22.5. The van der Waals surface area contributed by atoms with E-state index >= 15 is 0 Å². The summed E-state index contributed by atoms with van der Waals surface area (Å²) in [6.45, 7) is 1.17. The number of fused-ring (bicyclic) bond motifs is 2. The predicted molar refractivity (Wildman–Crippen MR) is 117 cm³/mol. The first kappa shape index (κ1) is 21.2. The summed E-state index contributed by atoms with van der Waals surface area (Å²) in [5.41, 5.74) is 7.66. The Hall–Kier alpha value is -2.63. The molecule has 0 spiro atoms. The molecular weight excluding hydrogens is 463 g/mol. The lowest BCUT2D eigenvalue weighted by Gasteiger charge is -2.18. The number of nitrogens with two attached hydrogens (primary N) is 1. The Labute approximate surface area is 189 Å². The Bertz CT molecular complexity index is 1310. The molecule has 4 aromatic heterocycles. The van der Waals surface area contributed by atoms with E-state index in [1.807, 2.05) is 17.0 Å². The number of hydrogen-bond donors (Lipinski definition) is 2. The summed E-state index contributed by atoms with van der Waals surface area (Å²) in [5.74, 6) is 0.479. The summed E-state index contributed by atoms with van der Waals surface area (Å²) >= 11 is 7.62. The first-order valence-electron chi connectivity index (χ1n) is 9.81. The fourth-order valence-electron chi connectivity index (χ4n) is 3.74. The van der Waals surface area contributed by atoms with Gasteiger partial charge in [-0.15, -0.1) is 0 Å². The van der Waals surface area contributed by atoms with Crippen molar-refractivity contribution < 1.29 is 13.2 Å². The third kappa shape index (κ3) is 4.19. The number of nitrogens with one attached hydrogen (secondary N) is 1. The maximum absolute atomic E-state index is 13.0. The highest BCUT2D eigenvalue weighted by atomic mass is 35.5. The molecule has 7 nitrogen and oxygen atoms in total. The molecule has 1 fully saturated rings. The molecule has 0 unspecified atom stereocenters. The molecule has 0 aromatic carbocycles. The van der Waals surface area contributed by atoms with Crippen LogP contribution in [0.3, 0.4) is 0 Å². The Morgan fingerprint density at radius 2 is 2.09 bits per heavy atom. The lowest BCUT2D eigenvalue weighted by atomic mass is 10.2. The van der Waals surface area contributed by atoms with Crippen LogP contribution in [-0.4, -0.2) is 50.2 Å². The summed E-state index contributed by atoms with van der Waals surface area (Å²) in [4.78, 5) is 23.2. The zero-order valence-electron chi connectivity index (χ0n) is 16.5. The summed E-state index contributed by atoms with van der Waals surface area (Å²) in [6.07, 6.45) is -1.46. The lowest BCUT2D eigenvalue weighted by molar-refractivity contribution is -0.127. The minimum Gasteiger partial charge on any atom is -0.354 e. The van der Waals surface area contributed by atoms with Crippen LogP contribution in [0.25, 0.3) is 22.1 Å². The average Bonchev–Trinajstić information content (AvgIpc) is 3.30. The number of alkyl halides is 3. The van der Waals surface area contributed by atoms with Gasteiger partial charge in [-0.1, -0.05) is 11.6 Å². The van der Waals surface area contributed by atoms with E-state index in [2.05, 4.69) is 24.9 Å². The molecule has 0 radical (unpaired) electrons. The molecular formula is C20H17ClF3N7S. The molecule has 32 heavy (non-hydrogen) atoms. The number of anilines is 1. The van der Waals surface area contributed by atoms with Crippen molar-refractivity contribution in [2.75, 3.05) is 18.0 Å². The molecule has 12 heteroatoms. The predicted octanol–water partition coefficient (Wildman–Crippen LogP) is 4.35. The highest BCUT2D eigenvalue weighted by molar-refractivity contribution is 7.99. The van der Waals surface area contributed by atoms with Gasteiger partial charge in [-0.2, -0.15) is 13.2 Å². The summed E-state index contributed by atoms with van der Waals surface area (Å²) in [7, 11) is 0. The van der Waals surface area contributed by atoms with Crippen LogP contribution in [0.4, 0.5) is 19.0 Å². The fourth-order valence-corrected chi connectivity index (χ4v) is 4.79. The highest BCUT2D eigenvalue weighted by Gasteiger charge is 2.32. The van der Waals surface area contributed by atoms with Gasteiger partial charge >= 0.3 is 6.18 Å². The zero-order valence-corrected chi connectivity index (χ0v) is 18.1. The Balaban J connectivity index is 1.59. The molecule has 4 aromatic rings. The van der Waals surface area contributed by atoms with Crippen molar-refractivity contribution >= 4 is 51.2 Å². The fraction of sp³-hybridized carbons (Fsp3) is 0.300. The third-order valence-electron chi connectivity index (χ3n) is 5.16. The van der Waals surface area contributed by atoms with Gasteiger partial charge in [0.05, 0.1) is 27.9 Å². The quantitative estimate of drug-likeness (QED) is 0.420. The second-order valence-corrected chi connectivity index (χ2v) is 8.99. The van der Waals surface area contributed by atoms with Crippen molar-refractivity contribution in [3.63, 3.8) is 0 Å². The van der Waals surface area contributed by atoms with Crippen molar-refractivity contribution in [3.05, 3.63) is 41.3 Å². The maximum atomic E-state index is 13.0. The van der Waals surface area contributed by atoms with Crippen LogP contribution in [0.2, 0.25) is 5.02 Å². The van der Waals surface area contributed by atoms with Gasteiger partial charge in [0.2, 0.25) is 0 Å². The Morgan fingerprint density at radius 3 is 2.84 bits per heavy atom. The number of nitrogens with zero attached hydrogens (tertiary/aromatic N) is 5. The van der Waals surface area contributed by atoms with Crippen molar-refractivity contribution in [2.45, 2.75) is 35.1 Å². The van der Waals surface area contributed by atoms with Gasteiger partial charge in [-0.3, -0.25) is 9.97 Å². The smallest absolute Gasteiger partial charge is 0.354 e. The normalized spacial score (nSPS) is 17.0. The number of hydrogen-bond acceptors (Lipinski definition) is 7. The monoisotopic (exact) mass is 479 g/mol. The number of aromatic amines is 1. The van der Waals surface area contributed by atoms with E-state index in [1.54, 1.807) is 18.5 Å². The molecule has 1 saturated heterocycles. The molecule has 166 valence electrons.